The SMILES string of the molecule is CCCCP(=O)(CCCC)C(NC(=O)OC)C(Cl)(Cl)Cl. The van der Waals surface area contributed by atoms with Crippen LogP contribution in [0.4, 0.5) is 4.79 Å². The van der Waals surface area contributed by atoms with Crippen LogP contribution >= 0.6 is 41.9 Å². The van der Waals surface area contributed by atoms with Crippen LogP contribution < -0.4 is 5.32 Å². The van der Waals surface area contributed by atoms with E-state index in [1.807, 2.05) is 13.8 Å². The molecule has 120 valence electrons. The van der Waals surface area contributed by atoms with Gasteiger partial charge in [0.1, 0.15) is 12.9 Å². The molecular weight excluding hydrogens is 343 g/mol. The van der Waals surface area contributed by atoms with Crippen LogP contribution in [0.25, 0.3) is 0 Å². The second-order valence-electron chi connectivity index (χ2n) is 4.69. The van der Waals surface area contributed by atoms with Crippen LogP contribution in [0.5, 0.6) is 0 Å². The third-order valence-electron chi connectivity index (χ3n) is 3.00. The van der Waals surface area contributed by atoms with E-state index in [4.69, 9.17) is 34.8 Å². The van der Waals surface area contributed by atoms with E-state index in [2.05, 4.69) is 10.1 Å². The van der Waals surface area contributed by atoms with Gasteiger partial charge in [0.2, 0.25) is 3.79 Å². The van der Waals surface area contributed by atoms with Crippen molar-refractivity contribution >= 4 is 48.0 Å². The zero-order valence-electron chi connectivity index (χ0n) is 12.1. The summed E-state index contributed by atoms with van der Waals surface area (Å²) < 4.78 is 15.9. The van der Waals surface area contributed by atoms with E-state index in [0.717, 1.165) is 25.7 Å². The van der Waals surface area contributed by atoms with Crippen molar-refractivity contribution in [2.75, 3.05) is 19.4 Å². The number of amides is 1. The number of carbonyl (C=O) groups excluding carboxylic acids is 1. The molecule has 0 heterocycles. The highest BCUT2D eigenvalue weighted by Crippen LogP contribution is 2.58. The fraction of sp³-hybridized carbons (Fsp3) is 0.917. The standard InChI is InChI=1S/C12H23Cl3NO3P/c1-4-6-8-20(18,9-7-5-2)10(12(13,14)15)16-11(17)19-3/h10H,4-9H2,1-3H3,(H,16,17). The lowest BCUT2D eigenvalue weighted by Gasteiger charge is -2.33. The Bertz CT molecular complexity index is 335. The quantitative estimate of drug-likeness (QED) is 0.485. The largest absolute Gasteiger partial charge is 0.453 e. The van der Waals surface area contributed by atoms with Crippen molar-refractivity contribution in [1.29, 1.82) is 0 Å². The normalized spacial score (nSPS) is 13.9. The highest BCUT2D eigenvalue weighted by Gasteiger charge is 2.46. The number of rotatable bonds is 8. The Kier molecular flexibility index (Phi) is 9.57. The molecule has 1 amide bonds. The van der Waals surface area contributed by atoms with Gasteiger partial charge in [-0.15, -0.1) is 0 Å². The molecule has 0 spiro atoms. The molecule has 0 fully saturated rings. The van der Waals surface area contributed by atoms with Crippen LogP contribution in [-0.4, -0.2) is 35.1 Å². The number of ether oxygens (including phenoxy) is 1. The van der Waals surface area contributed by atoms with E-state index >= 15 is 0 Å². The molecule has 0 saturated heterocycles. The molecule has 4 nitrogen and oxygen atoms in total. The van der Waals surface area contributed by atoms with Gasteiger partial charge in [-0.3, -0.25) is 0 Å². The van der Waals surface area contributed by atoms with Gasteiger partial charge in [-0.2, -0.15) is 0 Å². The zero-order valence-corrected chi connectivity index (χ0v) is 15.3. The van der Waals surface area contributed by atoms with Crippen LogP contribution in [0.3, 0.4) is 0 Å². The van der Waals surface area contributed by atoms with Crippen LogP contribution in [0.15, 0.2) is 0 Å². The summed E-state index contributed by atoms with van der Waals surface area (Å²) in [6.45, 7) is 4.00. The van der Waals surface area contributed by atoms with Crippen molar-refractivity contribution in [1.82, 2.24) is 5.32 Å². The predicted octanol–water partition coefficient (Wildman–Crippen LogP) is 5.00. The minimum absolute atomic E-state index is 0.450. The Labute approximate surface area is 136 Å². The van der Waals surface area contributed by atoms with E-state index in [9.17, 15) is 9.36 Å². The zero-order chi connectivity index (χ0) is 15.8. The third-order valence-corrected chi connectivity index (χ3v) is 7.72. The summed E-state index contributed by atoms with van der Waals surface area (Å²) >= 11 is 17.8. The van der Waals surface area contributed by atoms with Gasteiger partial charge >= 0.3 is 6.09 Å². The first-order valence-electron chi connectivity index (χ1n) is 6.70. The second-order valence-corrected chi connectivity index (χ2v) is 10.4. The Morgan fingerprint density at radius 2 is 1.65 bits per heavy atom. The molecule has 1 atom stereocenters. The van der Waals surface area contributed by atoms with E-state index in [1.54, 1.807) is 0 Å². The summed E-state index contributed by atoms with van der Waals surface area (Å²) in [6, 6.07) is 0. The van der Waals surface area contributed by atoms with E-state index in [0.29, 0.717) is 12.3 Å². The van der Waals surface area contributed by atoms with Gasteiger partial charge in [-0.25, -0.2) is 4.79 Å². The number of unbranched alkanes of at least 4 members (excludes halogenated alkanes) is 2. The summed E-state index contributed by atoms with van der Waals surface area (Å²) in [6.07, 6.45) is 3.47. The second kappa shape index (κ2) is 9.40. The van der Waals surface area contributed by atoms with Gasteiger partial charge in [-0.05, 0) is 12.8 Å². The number of hydrogen-bond acceptors (Lipinski definition) is 3. The molecule has 0 aromatic rings. The van der Waals surface area contributed by atoms with Crippen molar-refractivity contribution in [3.63, 3.8) is 0 Å². The maximum atomic E-state index is 13.2. The molecule has 0 radical (unpaired) electrons. The summed E-state index contributed by atoms with van der Waals surface area (Å²) in [4.78, 5) is 11.4. The molecule has 1 N–H and O–H groups in total. The molecule has 0 aliphatic carbocycles. The van der Waals surface area contributed by atoms with Crippen LogP contribution in [0.1, 0.15) is 39.5 Å². The van der Waals surface area contributed by atoms with E-state index < -0.39 is 22.8 Å². The average molecular weight is 367 g/mol. The fourth-order valence-corrected chi connectivity index (χ4v) is 6.94. The van der Waals surface area contributed by atoms with Gasteiger partial charge < -0.3 is 14.6 Å². The number of carbonyl (C=O) groups is 1. The molecule has 0 aromatic heterocycles. The fourth-order valence-electron chi connectivity index (χ4n) is 1.86. The Balaban J connectivity index is 5.27. The molecule has 0 aromatic carbocycles. The lowest BCUT2D eigenvalue weighted by molar-refractivity contribution is 0.169. The summed E-state index contributed by atoms with van der Waals surface area (Å²) in [5, 5.41) is 2.44. The number of alkyl halides is 3. The van der Waals surface area contributed by atoms with E-state index in [-0.39, 0.29) is 0 Å². The smallest absolute Gasteiger partial charge is 0.407 e. The molecular formula is C12H23Cl3NO3P. The monoisotopic (exact) mass is 365 g/mol. The summed E-state index contributed by atoms with van der Waals surface area (Å²) in [5.41, 5.74) is 0. The lowest BCUT2D eigenvalue weighted by Crippen LogP contribution is -2.44. The Morgan fingerprint density at radius 3 is 1.95 bits per heavy atom. The van der Waals surface area contributed by atoms with Crippen LogP contribution in [0.2, 0.25) is 0 Å². The number of methoxy groups -OCH3 is 1. The molecule has 1 unspecified atom stereocenters. The van der Waals surface area contributed by atoms with Crippen molar-refractivity contribution in [2.24, 2.45) is 0 Å². The van der Waals surface area contributed by atoms with Crippen molar-refractivity contribution in [2.45, 2.75) is 49.1 Å². The maximum absolute atomic E-state index is 13.2. The molecule has 0 aliphatic rings. The summed E-state index contributed by atoms with van der Waals surface area (Å²) in [7, 11) is -1.64. The first-order chi connectivity index (χ1) is 9.21. The lowest BCUT2D eigenvalue weighted by atomic mass is 10.4. The van der Waals surface area contributed by atoms with E-state index in [1.165, 1.54) is 7.11 Å². The number of alkyl carbamates (subject to hydrolysis) is 1. The first kappa shape index (κ1) is 20.4. The first-order valence-corrected chi connectivity index (χ1v) is 9.98. The third kappa shape index (κ3) is 6.89. The Hall–Kier alpha value is 0.370. The van der Waals surface area contributed by atoms with Crippen LogP contribution in [-0.2, 0) is 9.30 Å². The van der Waals surface area contributed by atoms with Gasteiger partial charge in [-0.1, -0.05) is 61.5 Å². The molecule has 20 heavy (non-hydrogen) atoms. The molecule has 0 aliphatic heterocycles. The highest BCUT2D eigenvalue weighted by atomic mass is 35.6. The van der Waals surface area contributed by atoms with Crippen molar-refractivity contribution in [3.05, 3.63) is 0 Å². The number of nitrogens with one attached hydrogen (secondary N) is 1. The topological polar surface area (TPSA) is 55.4 Å². The minimum atomic E-state index is -2.86. The molecule has 0 bridgehead atoms. The average Bonchev–Trinajstić information content (AvgIpc) is 2.38. The van der Waals surface area contributed by atoms with Crippen LogP contribution in [0, 0.1) is 0 Å². The van der Waals surface area contributed by atoms with Gasteiger partial charge in [0.05, 0.1) is 7.11 Å². The van der Waals surface area contributed by atoms with Gasteiger partial charge in [0.15, 0.2) is 0 Å². The predicted molar refractivity (Wildman–Crippen MR) is 86.8 cm³/mol. The number of hydrogen-bond donors (Lipinski definition) is 1. The van der Waals surface area contributed by atoms with Gasteiger partial charge in [0, 0.05) is 12.3 Å². The van der Waals surface area contributed by atoms with Gasteiger partial charge in [0.25, 0.3) is 0 Å². The minimum Gasteiger partial charge on any atom is -0.453 e. The van der Waals surface area contributed by atoms with Crippen molar-refractivity contribution in [3.8, 4) is 0 Å². The maximum Gasteiger partial charge on any atom is 0.407 e. The number of halogens is 3. The summed E-state index contributed by atoms with van der Waals surface area (Å²) in [5.74, 6) is -1.02. The highest BCUT2D eigenvalue weighted by molar-refractivity contribution is 7.65. The molecule has 8 heteroatoms. The molecule has 0 saturated carbocycles. The molecule has 0 rings (SSSR count). The van der Waals surface area contributed by atoms with Crippen molar-refractivity contribution < 1.29 is 14.1 Å². The Morgan fingerprint density at radius 1 is 1.20 bits per heavy atom.